The number of morpholine rings is 1. The highest BCUT2D eigenvalue weighted by Crippen LogP contribution is 2.26. The van der Waals surface area contributed by atoms with Crippen molar-refractivity contribution in [2.45, 2.75) is 40.5 Å². The summed E-state index contributed by atoms with van der Waals surface area (Å²) in [6, 6.07) is 0. The van der Waals surface area contributed by atoms with E-state index in [1.54, 1.807) is 0 Å². The molecule has 0 radical (unpaired) electrons. The summed E-state index contributed by atoms with van der Waals surface area (Å²) in [5.74, 6) is 0.760. The molecule has 1 aliphatic heterocycles. The molecule has 1 atom stereocenters. The fourth-order valence-electron chi connectivity index (χ4n) is 2.36. The molecule has 0 saturated carbocycles. The van der Waals surface area contributed by atoms with Gasteiger partial charge in [-0.05, 0) is 17.8 Å². The fraction of sp³-hybridized carbons (Fsp3) is 0.923. The number of hydrogen-bond acceptors (Lipinski definition) is 2. The molecule has 1 amide bonds. The first-order chi connectivity index (χ1) is 7.38. The van der Waals surface area contributed by atoms with Crippen molar-refractivity contribution in [3.8, 4) is 0 Å². The predicted molar refractivity (Wildman–Crippen MR) is 65.3 cm³/mol. The second kappa shape index (κ2) is 5.67. The van der Waals surface area contributed by atoms with Gasteiger partial charge in [-0.15, -0.1) is 0 Å². The maximum Gasteiger partial charge on any atom is 0.222 e. The Kier molecular flexibility index (Phi) is 4.78. The van der Waals surface area contributed by atoms with Crippen molar-refractivity contribution < 1.29 is 9.53 Å². The molecular formula is C13H25NO2. The molecule has 1 rings (SSSR count). The van der Waals surface area contributed by atoms with Crippen LogP contribution in [0.2, 0.25) is 0 Å². The van der Waals surface area contributed by atoms with Gasteiger partial charge in [0, 0.05) is 19.5 Å². The van der Waals surface area contributed by atoms with E-state index in [9.17, 15) is 4.79 Å². The van der Waals surface area contributed by atoms with Crippen molar-refractivity contribution in [2.75, 3.05) is 26.3 Å². The van der Waals surface area contributed by atoms with E-state index in [1.165, 1.54) is 0 Å². The molecule has 0 N–H and O–H groups in total. The fourth-order valence-corrected chi connectivity index (χ4v) is 2.36. The van der Waals surface area contributed by atoms with Crippen LogP contribution in [0, 0.1) is 11.3 Å². The quantitative estimate of drug-likeness (QED) is 0.740. The highest BCUT2D eigenvalue weighted by molar-refractivity contribution is 5.76. The van der Waals surface area contributed by atoms with Crippen molar-refractivity contribution in [3.63, 3.8) is 0 Å². The van der Waals surface area contributed by atoms with Crippen molar-refractivity contribution in [3.05, 3.63) is 0 Å². The molecule has 1 aliphatic rings. The van der Waals surface area contributed by atoms with Gasteiger partial charge in [-0.25, -0.2) is 0 Å². The maximum absolute atomic E-state index is 12.0. The number of rotatable bonds is 3. The van der Waals surface area contributed by atoms with Crippen molar-refractivity contribution in [1.29, 1.82) is 0 Å². The monoisotopic (exact) mass is 227 g/mol. The number of ether oxygens (including phenoxy) is 1. The van der Waals surface area contributed by atoms with Gasteiger partial charge in [0.05, 0.1) is 13.2 Å². The van der Waals surface area contributed by atoms with Crippen LogP contribution >= 0.6 is 0 Å². The Morgan fingerprint density at radius 1 is 1.31 bits per heavy atom. The summed E-state index contributed by atoms with van der Waals surface area (Å²) >= 11 is 0. The molecular weight excluding hydrogens is 202 g/mol. The SMILES string of the molecule is CC(CC(=O)N1CCOCC1)CC(C)(C)C. The summed E-state index contributed by atoms with van der Waals surface area (Å²) in [6.07, 6.45) is 1.78. The van der Waals surface area contributed by atoms with Crippen LogP contribution in [0.4, 0.5) is 0 Å². The van der Waals surface area contributed by atoms with E-state index in [1.807, 2.05) is 4.90 Å². The molecule has 16 heavy (non-hydrogen) atoms. The Balaban J connectivity index is 2.32. The number of amides is 1. The Labute approximate surface area is 99.1 Å². The van der Waals surface area contributed by atoms with Crippen LogP contribution in [-0.2, 0) is 9.53 Å². The van der Waals surface area contributed by atoms with E-state index in [0.717, 1.165) is 19.5 Å². The summed E-state index contributed by atoms with van der Waals surface area (Å²) in [5.41, 5.74) is 0.310. The Morgan fingerprint density at radius 3 is 2.38 bits per heavy atom. The second-order valence-electron chi connectivity index (χ2n) is 6.07. The van der Waals surface area contributed by atoms with Crippen LogP contribution in [0.5, 0.6) is 0 Å². The third kappa shape index (κ3) is 4.97. The van der Waals surface area contributed by atoms with Crippen molar-refractivity contribution in [1.82, 2.24) is 4.90 Å². The molecule has 1 heterocycles. The van der Waals surface area contributed by atoms with Crippen molar-refractivity contribution in [2.24, 2.45) is 11.3 Å². The van der Waals surface area contributed by atoms with Gasteiger partial charge in [-0.3, -0.25) is 4.79 Å². The molecule has 0 aromatic rings. The molecule has 3 nitrogen and oxygen atoms in total. The molecule has 0 bridgehead atoms. The van der Waals surface area contributed by atoms with Gasteiger partial charge in [0.25, 0.3) is 0 Å². The van der Waals surface area contributed by atoms with E-state index >= 15 is 0 Å². The molecule has 0 spiro atoms. The van der Waals surface area contributed by atoms with Gasteiger partial charge in [0.1, 0.15) is 0 Å². The minimum Gasteiger partial charge on any atom is -0.378 e. The first-order valence-corrected chi connectivity index (χ1v) is 6.24. The lowest BCUT2D eigenvalue weighted by molar-refractivity contribution is -0.136. The number of hydrogen-bond donors (Lipinski definition) is 0. The van der Waals surface area contributed by atoms with Gasteiger partial charge in [-0.1, -0.05) is 27.7 Å². The lowest BCUT2D eigenvalue weighted by Gasteiger charge is -2.29. The minimum absolute atomic E-state index is 0.292. The zero-order valence-electron chi connectivity index (χ0n) is 11.1. The molecule has 0 aromatic carbocycles. The molecule has 1 fully saturated rings. The summed E-state index contributed by atoms with van der Waals surface area (Å²) in [4.78, 5) is 13.9. The first-order valence-electron chi connectivity index (χ1n) is 6.24. The minimum atomic E-state index is 0.292. The molecule has 1 saturated heterocycles. The summed E-state index contributed by atoms with van der Waals surface area (Å²) in [5, 5.41) is 0. The van der Waals surface area contributed by atoms with Gasteiger partial charge in [-0.2, -0.15) is 0 Å². The van der Waals surface area contributed by atoms with Crippen molar-refractivity contribution >= 4 is 5.91 Å². The van der Waals surface area contributed by atoms with Crippen LogP contribution in [0.3, 0.4) is 0 Å². The number of carbonyl (C=O) groups excluding carboxylic acids is 1. The summed E-state index contributed by atoms with van der Waals surface area (Å²) in [7, 11) is 0. The topological polar surface area (TPSA) is 29.5 Å². The summed E-state index contributed by atoms with van der Waals surface area (Å²) < 4.78 is 5.24. The molecule has 94 valence electrons. The smallest absolute Gasteiger partial charge is 0.222 e. The van der Waals surface area contributed by atoms with Gasteiger partial charge in [0.2, 0.25) is 5.91 Å². The van der Waals surface area contributed by atoms with Gasteiger partial charge < -0.3 is 9.64 Å². The van der Waals surface area contributed by atoms with Gasteiger partial charge >= 0.3 is 0 Å². The van der Waals surface area contributed by atoms with Crippen LogP contribution in [-0.4, -0.2) is 37.1 Å². The molecule has 0 aliphatic carbocycles. The first kappa shape index (κ1) is 13.5. The number of nitrogens with zero attached hydrogens (tertiary/aromatic N) is 1. The van der Waals surface area contributed by atoms with Crippen LogP contribution in [0.1, 0.15) is 40.5 Å². The zero-order chi connectivity index (χ0) is 12.2. The highest BCUT2D eigenvalue weighted by Gasteiger charge is 2.21. The third-order valence-corrected chi connectivity index (χ3v) is 2.85. The van der Waals surface area contributed by atoms with E-state index in [0.29, 0.717) is 36.9 Å². The molecule has 1 unspecified atom stereocenters. The second-order valence-corrected chi connectivity index (χ2v) is 6.07. The van der Waals surface area contributed by atoms with E-state index in [4.69, 9.17) is 4.74 Å². The number of carbonyl (C=O) groups is 1. The average Bonchev–Trinajstić information content (AvgIpc) is 2.16. The van der Waals surface area contributed by atoms with E-state index < -0.39 is 0 Å². The van der Waals surface area contributed by atoms with Crippen LogP contribution < -0.4 is 0 Å². The Bertz CT molecular complexity index is 227. The molecule has 0 aromatic heterocycles. The average molecular weight is 227 g/mol. The largest absolute Gasteiger partial charge is 0.378 e. The normalized spacial score (nSPS) is 19.6. The Morgan fingerprint density at radius 2 is 1.88 bits per heavy atom. The predicted octanol–water partition coefficient (Wildman–Crippen LogP) is 2.31. The van der Waals surface area contributed by atoms with Gasteiger partial charge in [0.15, 0.2) is 0 Å². The zero-order valence-corrected chi connectivity index (χ0v) is 11.1. The van der Waals surface area contributed by atoms with Crippen LogP contribution in [0.25, 0.3) is 0 Å². The van der Waals surface area contributed by atoms with Crippen LogP contribution in [0.15, 0.2) is 0 Å². The molecule has 3 heteroatoms. The Hall–Kier alpha value is -0.570. The standard InChI is InChI=1S/C13H25NO2/c1-11(10-13(2,3)4)9-12(15)14-5-7-16-8-6-14/h11H,5-10H2,1-4H3. The summed E-state index contributed by atoms with van der Waals surface area (Å²) in [6.45, 7) is 11.8. The lowest BCUT2D eigenvalue weighted by Crippen LogP contribution is -2.41. The maximum atomic E-state index is 12.0. The third-order valence-electron chi connectivity index (χ3n) is 2.85. The van der Waals surface area contributed by atoms with E-state index in [-0.39, 0.29) is 0 Å². The lowest BCUT2D eigenvalue weighted by atomic mass is 9.84. The highest BCUT2D eigenvalue weighted by atomic mass is 16.5. The van der Waals surface area contributed by atoms with E-state index in [2.05, 4.69) is 27.7 Å².